The first-order valence-electron chi connectivity index (χ1n) is 8.16. The summed E-state index contributed by atoms with van der Waals surface area (Å²) in [6.45, 7) is 0.225. The molecule has 12 nitrogen and oxygen atoms in total. The van der Waals surface area contributed by atoms with Crippen molar-refractivity contribution in [1.29, 1.82) is 0 Å². The molecule has 0 saturated carbocycles. The summed E-state index contributed by atoms with van der Waals surface area (Å²) in [5.74, 6) is 0.409. The number of rotatable bonds is 11. The second kappa shape index (κ2) is 11.2. The van der Waals surface area contributed by atoms with Crippen LogP contribution in [0.2, 0.25) is 0 Å². The van der Waals surface area contributed by atoms with Crippen LogP contribution in [0.4, 0.5) is 16.2 Å². The van der Waals surface area contributed by atoms with Gasteiger partial charge in [0, 0.05) is 24.3 Å². The van der Waals surface area contributed by atoms with E-state index in [4.69, 9.17) is 24.0 Å². The number of hydrogen-bond acceptors (Lipinski definition) is 10. The highest BCUT2D eigenvalue weighted by Gasteiger charge is 2.09. The fourth-order valence-electron chi connectivity index (χ4n) is 1.87. The number of non-ortho nitro benzene ring substituents is 2. The summed E-state index contributed by atoms with van der Waals surface area (Å²) in [5.41, 5.74) is -0.188. The van der Waals surface area contributed by atoms with Crippen LogP contribution in [-0.4, -0.2) is 42.4 Å². The molecule has 0 radical (unpaired) electrons. The van der Waals surface area contributed by atoms with E-state index in [2.05, 4.69) is 0 Å². The van der Waals surface area contributed by atoms with Gasteiger partial charge in [0.2, 0.25) is 0 Å². The van der Waals surface area contributed by atoms with Crippen molar-refractivity contribution < 1.29 is 38.6 Å². The lowest BCUT2D eigenvalue weighted by Gasteiger charge is -2.07. The molecule has 0 atom stereocenters. The van der Waals surface area contributed by atoms with Gasteiger partial charge in [0.15, 0.2) is 5.75 Å². The topological polar surface area (TPSA) is 150 Å². The molecule has 0 aliphatic rings. The van der Waals surface area contributed by atoms with Crippen LogP contribution in [0.1, 0.15) is 0 Å². The smallest absolute Gasteiger partial charge is 0.432 e. The third kappa shape index (κ3) is 7.78. The molecule has 2 aromatic rings. The molecule has 29 heavy (non-hydrogen) atoms. The van der Waals surface area contributed by atoms with Crippen LogP contribution in [-0.2, 0) is 14.4 Å². The SMILES string of the molecule is O=C(OCCOCCOOc1ccc([N+](=O)[O-])cc1)Oc1ccc([N+](=O)[O-])cc1. The monoisotopic (exact) mass is 408 g/mol. The molecule has 0 aliphatic heterocycles. The van der Waals surface area contributed by atoms with Gasteiger partial charge < -0.3 is 19.1 Å². The van der Waals surface area contributed by atoms with E-state index in [0.717, 1.165) is 0 Å². The molecule has 0 heterocycles. The molecule has 0 bridgehead atoms. The fourth-order valence-corrected chi connectivity index (χ4v) is 1.87. The minimum Gasteiger partial charge on any atom is -0.432 e. The van der Waals surface area contributed by atoms with Gasteiger partial charge in [-0.15, -0.1) is 0 Å². The van der Waals surface area contributed by atoms with Crippen LogP contribution in [0, 0.1) is 20.2 Å². The summed E-state index contributed by atoms with van der Waals surface area (Å²) >= 11 is 0. The van der Waals surface area contributed by atoms with Crippen LogP contribution in [0.3, 0.4) is 0 Å². The zero-order chi connectivity index (χ0) is 21.1. The molecule has 2 aromatic carbocycles. The number of carbonyl (C=O) groups is 1. The predicted octanol–water partition coefficient (Wildman–Crippen LogP) is 3.05. The molecule has 0 unspecified atom stereocenters. The minimum atomic E-state index is -0.972. The normalized spacial score (nSPS) is 10.2. The summed E-state index contributed by atoms with van der Waals surface area (Å²) in [7, 11) is 0. The van der Waals surface area contributed by atoms with Gasteiger partial charge in [-0.05, 0) is 24.3 Å². The third-order valence-corrected chi connectivity index (χ3v) is 3.21. The highest BCUT2D eigenvalue weighted by Crippen LogP contribution is 2.18. The van der Waals surface area contributed by atoms with Gasteiger partial charge in [-0.2, -0.15) is 4.89 Å². The first kappa shape index (κ1) is 21.5. The largest absolute Gasteiger partial charge is 0.513 e. The Hall–Kier alpha value is -3.77. The third-order valence-electron chi connectivity index (χ3n) is 3.21. The molecule has 0 spiro atoms. The van der Waals surface area contributed by atoms with Gasteiger partial charge in [-0.25, -0.2) is 4.79 Å². The Morgan fingerprint density at radius 3 is 1.83 bits per heavy atom. The molecule has 0 saturated heterocycles. The van der Waals surface area contributed by atoms with Crippen molar-refractivity contribution in [3.8, 4) is 11.5 Å². The van der Waals surface area contributed by atoms with Crippen LogP contribution >= 0.6 is 0 Å². The minimum absolute atomic E-state index is 0.0622. The van der Waals surface area contributed by atoms with E-state index < -0.39 is 16.0 Å². The number of nitro groups is 2. The van der Waals surface area contributed by atoms with Crippen molar-refractivity contribution >= 4 is 17.5 Å². The summed E-state index contributed by atoms with van der Waals surface area (Å²) < 4.78 is 14.8. The first-order chi connectivity index (χ1) is 14.0. The maximum atomic E-state index is 11.5. The first-order valence-corrected chi connectivity index (χ1v) is 8.16. The van der Waals surface area contributed by atoms with Gasteiger partial charge in [-0.1, -0.05) is 0 Å². The van der Waals surface area contributed by atoms with Gasteiger partial charge in [-0.3, -0.25) is 20.2 Å². The number of nitro benzene ring substituents is 2. The molecule has 0 amide bonds. The van der Waals surface area contributed by atoms with Crippen molar-refractivity contribution in [3.63, 3.8) is 0 Å². The van der Waals surface area contributed by atoms with E-state index in [9.17, 15) is 25.0 Å². The Balaban J connectivity index is 1.51. The van der Waals surface area contributed by atoms with E-state index in [0.29, 0.717) is 5.75 Å². The Morgan fingerprint density at radius 2 is 1.28 bits per heavy atom. The quantitative estimate of drug-likeness (QED) is 0.135. The molecule has 0 aliphatic carbocycles. The lowest BCUT2D eigenvalue weighted by Crippen LogP contribution is -2.16. The van der Waals surface area contributed by atoms with E-state index in [1.165, 1.54) is 48.5 Å². The van der Waals surface area contributed by atoms with Gasteiger partial charge >= 0.3 is 6.16 Å². The van der Waals surface area contributed by atoms with Crippen molar-refractivity contribution in [2.24, 2.45) is 0 Å². The molecule has 2 rings (SSSR count). The maximum Gasteiger partial charge on any atom is 0.513 e. The van der Waals surface area contributed by atoms with Gasteiger partial charge in [0.1, 0.15) is 19.0 Å². The Bertz CT molecular complexity index is 823. The van der Waals surface area contributed by atoms with E-state index >= 15 is 0 Å². The number of carbonyl (C=O) groups excluding carboxylic acids is 1. The van der Waals surface area contributed by atoms with E-state index in [1.54, 1.807) is 0 Å². The molecular formula is C17H16N2O10. The second-order valence-corrected chi connectivity index (χ2v) is 5.22. The van der Waals surface area contributed by atoms with Gasteiger partial charge in [0.25, 0.3) is 11.4 Å². The fraction of sp³-hybridized carbons (Fsp3) is 0.235. The summed E-state index contributed by atoms with van der Waals surface area (Å²) in [5, 5.41) is 21.1. The van der Waals surface area contributed by atoms with Crippen LogP contribution in [0.25, 0.3) is 0 Å². The predicted molar refractivity (Wildman–Crippen MR) is 95.6 cm³/mol. The molecule has 12 heteroatoms. The summed E-state index contributed by atoms with van der Waals surface area (Å²) in [6, 6.07) is 10.3. The van der Waals surface area contributed by atoms with E-state index in [-0.39, 0.29) is 43.6 Å². The molecule has 0 N–H and O–H groups in total. The summed E-state index contributed by atoms with van der Waals surface area (Å²) in [6.07, 6.45) is -0.972. The number of hydrogen-bond donors (Lipinski definition) is 0. The van der Waals surface area contributed by atoms with Crippen molar-refractivity contribution in [1.82, 2.24) is 0 Å². The second-order valence-electron chi connectivity index (χ2n) is 5.22. The number of ether oxygens (including phenoxy) is 3. The Morgan fingerprint density at radius 1 is 0.759 bits per heavy atom. The number of nitrogens with zero attached hydrogens (tertiary/aromatic N) is 2. The van der Waals surface area contributed by atoms with Crippen molar-refractivity contribution in [2.45, 2.75) is 0 Å². The van der Waals surface area contributed by atoms with Crippen LogP contribution in [0.5, 0.6) is 11.5 Å². The molecule has 0 aromatic heterocycles. The lowest BCUT2D eigenvalue weighted by atomic mass is 10.3. The van der Waals surface area contributed by atoms with Crippen molar-refractivity contribution in [2.75, 3.05) is 26.4 Å². The average Bonchev–Trinajstić information content (AvgIpc) is 2.70. The standard InChI is InChI=1S/C17H16N2O10/c20-17(28-15-5-1-13(2-6-15)18(21)22)26-11-9-25-10-12-27-29-16-7-3-14(4-8-16)19(23)24/h1-8H,9-12H2. The Kier molecular flexibility index (Phi) is 8.28. The Labute approximate surface area is 163 Å². The molecular weight excluding hydrogens is 392 g/mol. The zero-order valence-electron chi connectivity index (χ0n) is 14.9. The van der Waals surface area contributed by atoms with Crippen LogP contribution < -0.4 is 9.62 Å². The van der Waals surface area contributed by atoms with E-state index in [1.807, 2.05) is 0 Å². The molecule has 0 fully saturated rings. The zero-order valence-corrected chi connectivity index (χ0v) is 14.9. The summed E-state index contributed by atoms with van der Waals surface area (Å²) in [4.78, 5) is 41.2. The average molecular weight is 408 g/mol. The number of benzene rings is 2. The van der Waals surface area contributed by atoms with Crippen molar-refractivity contribution in [3.05, 3.63) is 68.8 Å². The van der Waals surface area contributed by atoms with Gasteiger partial charge in [0.05, 0.1) is 23.1 Å². The lowest BCUT2D eigenvalue weighted by molar-refractivity contribution is -0.385. The highest BCUT2D eigenvalue weighted by atomic mass is 17.2. The molecule has 154 valence electrons. The highest BCUT2D eigenvalue weighted by molar-refractivity contribution is 5.63. The maximum absolute atomic E-state index is 11.5. The van der Waals surface area contributed by atoms with Crippen LogP contribution in [0.15, 0.2) is 48.5 Å².